The van der Waals surface area contributed by atoms with Crippen molar-refractivity contribution in [2.24, 2.45) is 11.8 Å². The van der Waals surface area contributed by atoms with E-state index < -0.39 is 11.9 Å². The van der Waals surface area contributed by atoms with E-state index in [1.807, 2.05) is 0 Å². The minimum Gasteiger partial charge on any atom is -0.478 e. The number of ether oxygens (including phenoxy) is 1. The molecule has 1 aliphatic carbocycles. The number of carboxylic acid groups (broad SMARTS) is 1. The van der Waals surface area contributed by atoms with E-state index in [9.17, 15) is 9.59 Å². The molecule has 0 unspecified atom stereocenters. The summed E-state index contributed by atoms with van der Waals surface area (Å²) in [6.07, 6.45) is 3.89. The molecule has 23 heavy (non-hydrogen) atoms. The van der Waals surface area contributed by atoms with Crippen LogP contribution in [0, 0.1) is 11.8 Å². The maximum Gasteiger partial charge on any atom is 0.338 e. The van der Waals surface area contributed by atoms with Gasteiger partial charge in [-0.3, -0.25) is 0 Å². The molecule has 0 saturated heterocycles. The fraction of sp³-hybridized carbons (Fsp3) is 0.556. The van der Waals surface area contributed by atoms with Crippen molar-refractivity contribution in [2.45, 2.75) is 40.5 Å². The molecule has 0 aromatic heterocycles. The van der Waals surface area contributed by atoms with Crippen molar-refractivity contribution in [2.75, 3.05) is 13.2 Å². The topological polar surface area (TPSA) is 83.8 Å². The first-order valence-corrected chi connectivity index (χ1v) is 7.21. The van der Waals surface area contributed by atoms with Gasteiger partial charge in [-0.2, -0.15) is 0 Å². The monoisotopic (exact) mass is 324 g/mol. The van der Waals surface area contributed by atoms with Gasteiger partial charge in [-0.15, -0.1) is 0 Å². The van der Waals surface area contributed by atoms with E-state index in [1.165, 1.54) is 24.3 Å². The van der Waals surface area contributed by atoms with Crippen LogP contribution in [-0.4, -0.2) is 35.4 Å². The van der Waals surface area contributed by atoms with Gasteiger partial charge in [0.2, 0.25) is 0 Å². The van der Waals surface area contributed by atoms with Crippen LogP contribution in [0.1, 0.15) is 61.3 Å². The van der Waals surface area contributed by atoms with E-state index >= 15 is 0 Å². The second kappa shape index (κ2) is 10.0. The number of carbonyl (C=O) groups excluding carboxylic acids is 1. The summed E-state index contributed by atoms with van der Waals surface area (Å²) in [6.45, 7) is 0.625. The minimum absolute atomic E-state index is 0. The second-order valence-corrected chi connectivity index (χ2v) is 5.55. The largest absolute Gasteiger partial charge is 0.478 e. The Hall–Kier alpha value is -1.88. The molecular formula is C18H28O5. The van der Waals surface area contributed by atoms with Crippen LogP contribution >= 0.6 is 0 Å². The number of carboxylic acids is 1. The predicted octanol–water partition coefficient (Wildman–Crippen LogP) is 3.61. The SMILES string of the molecule is C.C.O=C(O)c1ccc(C(=O)OCC2CCC(CO)CC2)cc1. The van der Waals surface area contributed by atoms with Crippen LogP contribution in [-0.2, 0) is 4.74 Å². The van der Waals surface area contributed by atoms with Gasteiger partial charge in [-0.1, -0.05) is 14.9 Å². The van der Waals surface area contributed by atoms with Crippen LogP contribution in [0.15, 0.2) is 24.3 Å². The molecule has 2 rings (SSSR count). The Balaban J connectivity index is 0.00000242. The van der Waals surface area contributed by atoms with E-state index in [0.29, 0.717) is 24.0 Å². The van der Waals surface area contributed by atoms with Crippen molar-refractivity contribution >= 4 is 11.9 Å². The molecule has 0 amide bonds. The third kappa shape index (κ3) is 6.02. The Morgan fingerprint density at radius 1 is 0.957 bits per heavy atom. The summed E-state index contributed by atoms with van der Waals surface area (Å²) in [4.78, 5) is 22.6. The molecule has 1 aromatic rings. The van der Waals surface area contributed by atoms with Crippen molar-refractivity contribution in [3.05, 3.63) is 35.4 Å². The Morgan fingerprint density at radius 3 is 1.91 bits per heavy atom. The van der Waals surface area contributed by atoms with Crippen molar-refractivity contribution in [1.29, 1.82) is 0 Å². The molecule has 0 aliphatic heterocycles. The standard InChI is InChI=1S/C16H20O5.2CH4/c17-9-11-1-3-12(4-2-11)10-21-16(20)14-7-5-13(6-8-14)15(18)19;;/h5-8,11-12,17H,1-4,9-10H2,(H,18,19);2*1H4. The summed E-state index contributed by atoms with van der Waals surface area (Å²) in [5.74, 6) is -0.692. The average Bonchev–Trinajstić information content (AvgIpc) is 2.53. The van der Waals surface area contributed by atoms with E-state index in [-0.39, 0.29) is 27.0 Å². The quantitative estimate of drug-likeness (QED) is 0.808. The molecule has 0 bridgehead atoms. The zero-order chi connectivity index (χ0) is 15.2. The van der Waals surface area contributed by atoms with Crippen LogP contribution in [0.4, 0.5) is 0 Å². The number of rotatable bonds is 5. The molecule has 1 aromatic carbocycles. The van der Waals surface area contributed by atoms with Crippen molar-refractivity contribution in [3.8, 4) is 0 Å². The van der Waals surface area contributed by atoms with Crippen LogP contribution in [0.5, 0.6) is 0 Å². The first kappa shape index (κ1) is 21.1. The van der Waals surface area contributed by atoms with Gasteiger partial charge in [0.15, 0.2) is 0 Å². The summed E-state index contributed by atoms with van der Waals surface area (Å²) < 4.78 is 5.29. The molecule has 130 valence electrons. The highest BCUT2D eigenvalue weighted by atomic mass is 16.5. The van der Waals surface area contributed by atoms with Gasteiger partial charge in [0.25, 0.3) is 0 Å². The van der Waals surface area contributed by atoms with Gasteiger partial charge in [0.1, 0.15) is 0 Å². The molecule has 1 fully saturated rings. The van der Waals surface area contributed by atoms with Crippen molar-refractivity contribution in [3.63, 3.8) is 0 Å². The maximum absolute atomic E-state index is 11.9. The molecule has 5 nitrogen and oxygen atoms in total. The molecule has 0 radical (unpaired) electrons. The van der Waals surface area contributed by atoms with E-state index in [2.05, 4.69) is 0 Å². The van der Waals surface area contributed by atoms with E-state index in [4.69, 9.17) is 14.9 Å². The molecule has 1 saturated carbocycles. The van der Waals surface area contributed by atoms with E-state index in [1.54, 1.807) is 0 Å². The number of aliphatic hydroxyl groups is 1. The van der Waals surface area contributed by atoms with E-state index in [0.717, 1.165) is 25.7 Å². The summed E-state index contributed by atoms with van der Waals surface area (Å²) >= 11 is 0. The highest BCUT2D eigenvalue weighted by molar-refractivity contribution is 5.92. The molecule has 0 spiro atoms. The maximum atomic E-state index is 11.9. The van der Waals surface area contributed by atoms with Crippen LogP contribution in [0.2, 0.25) is 0 Å². The van der Waals surface area contributed by atoms with Gasteiger partial charge in [-0.05, 0) is 61.8 Å². The molecule has 5 heteroatoms. The number of carbonyl (C=O) groups is 2. The summed E-state index contributed by atoms with van der Waals surface area (Å²) in [5.41, 5.74) is 0.512. The van der Waals surface area contributed by atoms with Crippen molar-refractivity contribution < 1.29 is 24.5 Å². The number of hydrogen-bond donors (Lipinski definition) is 2. The molecule has 0 heterocycles. The lowest BCUT2D eigenvalue weighted by atomic mass is 9.83. The first-order valence-electron chi connectivity index (χ1n) is 7.21. The number of benzene rings is 1. The van der Waals surface area contributed by atoms with Gasteiger partial charge in [0.05, 0.1) is 17.7 Å². The lowest BCUT2D eigenvalue weighted by molar-refractivity contribution is 0.0379. The van der Waals surface area contributed by atoms with Gasteiger partial charge < -0.3 is 14.9 Å². The minimum atomic E-state index is -1.02. The highest BCUT2D eigenvalue weighted by Crippen LogP contribution is 2.28. The third-order valence-electron chi connectivity index (χ3n) is 4.04. The molecular weight excluding hydrogens is 296 g/mol. The summed E-state index contributed by atoms with van der Waals surface area (Å²) in [5, 5.41) is 17.9. The number of esters is 1. The zero-order valence-electron chi connectivity index (χ0n) is 11.8. The fourth-order valence-corrected chi connectivity index (χ4v) is 2.61. The Bertz CT molecular complexity index is 487. The Kier molecular flexibility index (Phi) is 9.18. The van der Waals surface area contributed by atoms with Crippen molar-refractivity contribution in [1.82, 2.24) is 0 Å². The van der Waals surface area contributed by atoms with Gasteiger partial charge in [-0.25, -0.2) is 9.59 Å². The number of aliphatic hydroxyl groups excluding tert-OH is 1. The first-order chi connectivity index (χ1) is 10.1. The number of aromatic carboxylic acids is 1. The summed E-state index contributed by atoms with van der Waals surface area (Å²) in [6, 6.07) is 5.72. The highest BCUT2D eigenvalue weighted by Gasteiger charge is 2.22. The smallest absolute Gasteiger partial charge is 0.338 e. The fourth-order valence-electron chi connectivity index (χ4n) is 2.61. The predicted molar refractivity (Wildman–Crippen MR) is 89.7 cm³/mol. The number of hydrogen-bond acceptors (Lipinski definition) is 4. The average molecular weight is 324 g/mol. The molecule has 1 aliphatic rings. The summed E-state index contributed by atoms with van der Waals surface area (Å²) in [7, 11) is 0. The zero-order valence-corrected chi connectivity index (χ0v) is 11.8. The Morgan fingerprint density at radius 2 is 1.43 bits per heavy atom. The lowest BCUT2D eigenvalue weighted by Crippen LogP contribution is -2.22. The molecule has 2 N–H and O–H groups in total. The van der Waals surface area contributed by atoms with Crippen LogP contribution in [0.25, 0.3) is 0 Å². The lowest BCUT2D eigenvalue weighted by Gasteiger charge is -2.26. The normalized spacial score (nSPS) is 19.9. The second-order valence-electron chi connectivity index (χ2n) is 5.55. The molecule has 0 atom stereocenters. The van der Waals surface area contributed by atoms with Gasteiger partial charge >= 0.3 is 11.9 Å². The van der Waals surface area contributed by atoms with Crippen LogP contribution in [0.3, 0.4) is 0 Å². The van der Waals surface area contributed by atoms with Crippen LogP contribution < -0.4 is 0 Å². The Labute approximate surface area is 138 Å². The third-order valence-corrected chi connectivity index (χ3v) is 4.04. The van der Waals surface area contributed by atoms with Gasteiger partial charge in [0, 0.05) is 6.61 Å².